The van der Waals surface area contributed by atoms with Gasteiger partial charge in [0.25, 0.3) is 0 Å². The normalized spacial score (nSPS) is 18.8. The lowest BCUT2D eigenvalue weighted by Crippen LogP contribution is -2.49. The van der Waals surface area contributed by atoms with E-state index in [9.17, 15) is 0 Å². The number of aliphatic imine (C=N–C) groups is 1. The molecular formula is C7H17IN4. The third kappa shape index (κ3) is 3.57. The van der Waals surface area contributed by atoms with E-state index in [1.807, 2.05) is 6.92 Å². The molecule has 0 bridgehead atoms. The summed E-state index contributed by atoms with van der Waals surface area (Å²) in [6.07, 6.45) is 0. The van der Waals surface area contributed by atoms with E-state index in [2.05, 4.69) is 15.2 Å². The maximum atomic E-state index is 5.71. The molecule has 3 N–H and O–H groups in total. The number of nitrogens with zero attached hydrogens (tertiary/aromatic N) is 2. The Hall–Kier alpha value is -0.0400. The zero-order chi connectivity index (χ0) is 8.10. The quantitative estimate of drug-likeness (QED) is 0.400. The predicted octanol–water partition coefficient (Wildman–Crippen LogP) is -0.156. The number of piperazine rings is 1. The summed E-state index contributed by atoms with van der Waals surface area (Å²) in [5.41, 5.74) is 5.71. The van der Waals surface area contributed by atoms with Crippen molar-refractivity contribution in [3.05, 3.63) is 0 Å². The molecule has 0 aromatic rings. The Kier molecular flexibility index (Phi) is 6.45. The second-order valence-electron chi connectivity index (χ2n) is 2.57. The molecule has 12 heavy (non-hydrogen) atoms. The second-order valence-corrected chi connectivity index (χ2v) is 2.57. The fourth-order valence-corrected chi connectivity index (χ4v) is 1.16. The van der Waals surface area contributed by atoms with Gasteiger partial charge in [-0.1, -0.05) is 0 Å². The summed E-state index contributed by atoms with van der Waals surface area (Å²) < 4.78 is 0. The molecule has 0 spiro atoms. The fraction of sp³-hybridized carbons (Fsp3) is 0.857. The minimum absolute atomic E-state index is 0. The summed E-state index contributed by atoms with van der Waals surface area (Å²) in [5, 5.41) is 3.26. The largest absolute Gasteiger partial charge is 0.370 e. The van der Waals surface area contributed by atoms with E-state index in [1.165, 1.54) is 0 Å². The van der Waals surface area contributed by atoms with Crippen molar-refractivity contribution in [2.45, 2.75) is 6.92 Å². The van der Waals surface area contributed by atoms with Crippen LogP contribution in [0, 0.1) is 0 Å². The minimum Gasteiger partial charge on any atom is -0.370 e. The number of guanidine groups is 1. The lowest BCUT2D eigenvalue weighted by molar-refractivity contribution is 0.353. The van der Waals surface area contributed by atoms with Gasteiger partial charge in [0.1, 0.15) is 0 Å². The Morgan fingerprint density at radius 2 is 2.08 bits per heavy atom. The van der Waals surface area contributed by atoms with Gasteiger partial charge in [-0.15, -0.1) is 24.0 Å². The van der Waals surface area contributed by atoms with Gasteiger partial charge in [0.2, 0.25) is 0 Å². The number of rotatable bonds is 1. The first-order valence-corrected chi connectivity index (χ1v) is 4.10. The third-order valence-electron chi connectivity index (χ3n) is 1.76. The van der Waals surface area contributed by atoms with Crippen LogP contribution >= 0.6 is 24.0 Å². The fourth-order valence-electron chi connectivity index (χ4n) is 1.16. The van der Waals surface area contributed by atoms with Crippen molar-refractivity contribution in [3.63, 3.8) is 0 Å². The molecule has 72 valence electrons. The molecule has 0 radical (unpaired) electrons. The monoisotopic (exact) mass is 284 g/mol. The maximum absolute atomic E-state index is 5.71. The zero-order valence-electron chi connectivity index (χ0n) is 7.42. The molecule has 0 aromatic heterocycles. The highest BCUT2D eigenvalue weighted by atomic mass is 127. The number of hydrogen-bond donors (Lipinski definition) is 2. The third-order valence-corrected chi connectivity index (χ3v) is 1.76. The van der Waals surface area contributed by atoms with Gasteiger partial charge in [-0.2, -0.15) is 0 Å². The van der Waals surface area contributed by atoms with Crippen LogP contribution in [0.25, 0.3) is 0 Å². The molecule has 1 saturated heterocycles. The van der Waals surface area contributed by atoms with Gasteiger partial charge in [0, 0.05) is 32.7 Å². The van der Waals surface area contributed by atoms with Crippen LogP contribution < -0.4 is 11.1 Å². The molecule has 0 atom stereocenters. The van der Waals surface area contributed by atoms with E-state index >= 15 is 0 Å². The van der Waals surface area contributed by atoms with Crippen LogP contribution in [0.15, 0.2) is 4.99 Å². The van der Waals surface area contributed by atoms with Crippen LogP contribution in [0.4, 0.5) is 0 Å². The first kappa shape index (κ1) is 12.0. The van der Waals surface area contributed by atoms with E-state index in [0.29, 0.717) is 5.96 Å². The highest BCUT2D eigenvalue weighted by Gasteiger charge is 2.10. The van der Waals surface area contributed by atoms with Gasteiger partial charge < -0.3 is 16.0 Å². The van der Waals surface area contributed by atoms with E-state index < -0.39 is 0 Å². The average Bonchev–Trinajstić information content (AvgIpc) is 2.07. The summed E-state index contributed by atoms with van der Waals surface area (Å²) in [6.45, 7) is 6.76. The molecule has 0 amide bonds. The molecule has 1 heterocycles. The summed E-state index contributed by atoms with van der Waals surface area (Å²) >= 11 is 0. The summed E-state index contributed by atoms with van der Waals surface area (Å²) in [7, 11) is 0. The van der Waals surface area contributed by atoms with E-state index in [-0.39, 0.29) is 24.0 Å². The van der Waals surface area contributed by atoms with Crippen LogP contribution in [0.3, 0.4) is 0 Å². The van der Waals surface area contributed by atoms with Gasteiger partial charge in [0.05, 0.1) is 0 Å². The Bertz CT molecular complexity index is 142. The van der Waals surface area contributed by atoms with Crippen LogP contribution in [0.5, 0.6) is 0 Å². The van der Waals surface area contributed by atoms with Gasteiger partial charge in [-0.3, -0.25) is 4.99 Å². The molecular weight excluding hydrogens is 267 g/mol. The molecule has 0 aromatic carbocycles. The van der Waals surface area contributed by atoms with Gasteiger partial charge in [-0.05, 0) is 6.92 Å². The minimum atomic E-state index is 0. The number of nitrogens with one attached hydrogen (secondary N) is 1. The highest BCUT2D eigenvalue weighted by Crippen LogP contribution is 1.90. The lowest BCUT2D eigenvalue weighted by Gasteiger charge is -2.28. The van der Waals surface area contributed by atoms with Gasteiger partial charge >= 0.3 is 0 Å². The van der Waals surface area contributed by atoms with Gasteiger partial charge in [-0.25, -0.2) is 0 Å². The molecule has 5 heteroatoms. The molecule has 1 rings (SSSR count). The standard InChI is InChI=1S/C7H16N4.HI/c1-2-10-7(8)11-5-3-9-4-6-11;/h9H,2-6H2,1H3,(H2,8,10);1H. The highest BCUT2D eigenvalue weighted by molar-refractivity contribution is 14.0. The molecule has 4 nitrogen and oxygen atoms in total. The van der Waals surface area contributed by atoms with Crippen LogP contribution in [-0.2, 0) is 0 Å². The Morgan fingerprint density at radius 3 is 2.58 bits per heavy atom. The average molecular weight is 284 g/mol. The van der Waals surface area contributed by atoms with E-state index in [4.69, 9.17) is 5.73 Å². The molecule has 0 saturated carbocycles. The zero-order valence-corrected chi connectivity index (χ0v) is 9.75. The van der Waals surface area contributed by atoms with Crippen molar-refractivity contribution < 1.29 is 0 Å². The van der Waals surface area contributed by atoms with Gasteiger partial charge in [0.15, 0.2) is 5.96 Å². The van der Waals surface area contributed by atoms with Crippen LogP contribution in [0.1, 0.15) is 6.92 Å². The Balaban J connectivity index is 0.00000121. The van der Waals surface area contributed by atoms with Crippen molar-refractivity contribution in [1.29, 1.82) is 0 Å². The van der Waals surface area contributed by atoms with Crippen LogP contribution in [0.2, 0.25) is 0 Å². The predicted molar refractivity (Wildman–Crippen MR) is 62.0 cm³/mol. The summed E-state index contributed by atoms with van der Waals surface area (Å²) in [5.74, 6) is 0.689. The summed E-state index contributed by atoms with van der Waals surface area (Å²) in [6, 6.07) is 0. The Morgan fingerprint density at radius 1 is 1.50 bits per heavy atom. The summed E-state index contributed by atoms with van der Waals surface area (Å²) in [4.78, 5) is 6.25. The number of hydrogen-bond acceptors (Lipinski definition) is 2. The first-order valence-electron chi connectivity index (χ1n) is 4.10. The number of halogens is 1. The van der Waals surface area contributed by atoms with E-state index in [1.54, 1.807) is 0 Å². The van der Waals surface area contributed by atoms with Crippen molar-refractivity contribution in [2.75, 3.05) is 32.7 Å². The molecule has 1 aliphatic heterocycles. The van der Waals surface area contributed by atoms with Crippen molar-refractivity contribution in [2.24, 2.45) is 10.7 Å². The maximum Gasteiger partial charge on any atom is 0.191 e. The molecule has 1 fully saturated rings. The first-order chi connectivity index (χ1) is 5.34. The SMILES string of the molecule is CCN=C(N)N1CCNCC1.I. The van der Waals surface area contributed by atoms with Crippen molar-refractivity contribution in [1.82, 2.24) is 10.2 Å². The molecule has 0 unspecified atom stereocenters. The topological polar surface area (TPSA) is 53.6 Å². The lowest BCUT2D eigenvalue weighted by atomic mass is 10.4. The van der Waals surface area contributed by atoms with E-state index in [0.717, 1.165) is 32.7 Å². The van der Waals surface area contributed by atoms with Crippen molar-refractivity contribution >= 4 is 29.9 Å². The van der Waals surface area contributed by atoms with Crippen molar-refractivity contribution in [3.8, 4) is 0 Å². The second kappa shape index (κ2) is 6.47. The van der Waals surface area contributed by atoms with Crippen LogP contribution in [-0.4, -0.2) is 43.6 Å². The number of nitrogens with two attached hydrogens (primary N) is 1. The molecule has 1 aliphatic rings. The molecule has 0 aliphatic carbocycles. The smallest absolute Gasteiger partial charge is 0.191 e. The Labute approximate surface area is 90.6 Å².